The number of carbonyl (C=O) groups excluding carboxylic acids is 2. The van der Waals surface area contributed by atoms with E-state index in [1.54, 1.807) is 0 Å². The van der Waals surface area contributed by atoms with Gasteiger partial charge in [0.15, 0.2) is 0 Å². The van der Waals surface area contributed by atoms with E-state index in [0.29, 0.717) is 18.6 Å². The number of ketones is 1. The van der Waals surface area contributed by atoms with Crippen molar-refractivity contribution in [3.63, 3.8) is 0 Å². The van der Waals surface area contributed by atoms with E-state index in [9.17, 15) is 9.59 Å². The molecule has 0 saturated heterocycles. The van der Waals surface area contributed by atoms with Gasteiger partial charge in [0.2, 0.25) is 0 Å². The van der Waals surface area contributed by atoms with E-state index in [4.69, 9.17) is 9.47 Å². The molecule has 1 fully saturated rings. The van der Waals surface area contributed by atoms with Crippen molar-refractivity contribution in [3.05, 3.63) is 52.9 Å². The molecule has 0 spiro atoms. The average Bonchev–Trinajstić information content (AvgIpc) is 3.21. The molecule has 154 valence electrons. The highest BCUT2D eigenvalue weighted by Gasteiger charge is 2.43. The minimum atomic E-state index is -0.364. The zero-order valence-electron chi connectivity index (χ0n) is 17.2. The zero-order valence-corrected chi connectivity index (χ0v) is 17.2. The smallest absolute Gasteiger partial charge is 0.336 e. The summed E-state index contributed by atoms with van der Waals surface area (Å²) in [7, 11) is 0. The second kappa shape index (κ2) is 8.44. The monoisotopic (exact) mass is 395 g/mol. The standard InChI is InChI=1S/C24H29NO4/c1-3-28-17-13-11-16(12-14-17)22-21(24(27)29-18-7-4-5-8-18)15(2)25-19-9-6-10-20(26)23(19)22/h9,11-14,18,22-23,25H,3-8,10H2,1-2H3. The van der Waals surface area contributed by atoms with Gasteiger partial charge in [0, 0.05) is 23.7 Å². The van der Waals surface area contributed by atoms with Crippen LogP contribution in [0.3, 0.4) is 0 Å². The topological polar surface area (TPSA) is 64.6 Å². The number of allylic oxidation sites excluding steroid dienone is 3. The fourth-order valence-corrected chi connectivity index (χ4v) is 4.80. The van der Waals surface area contributed by atoms with Crippen LogP contribution in [-0.4, -0.2) is 24.5 Å². The molecular weight excluding hydrogens is 366 g/mol. The number of ether oxygens (including phenoxy) is 2. The normalized spacial score (nSPS) is 24.6. The fourth-order valence-electron chi connectivity index (χ4n) is 4.80. The predicted molar refractivity (Wildman–Crippen MR) is 110 cm³/mol. The second-order valence-electron chi connectivity index (χ2n) is 8.10. The Balaban J connectivity index is 1.72. The first-order chi connectivity index (χ1) is 14.1. The molecule has 2 atom stereocenters. The van der Waals surface area contributed by atoms with Crippen LogP contribution in [-0.2, 0) is 14.3 Å². The van der Waals surface area contributed by atoms with Crippen molar-refractivity contribution in [2.75, 3.05) is 6.61 Å². The molecule has 0 radical (unpaired) electrons. The van der Waals surface area contributed by atoms with Gasteiger partial charge >= 0.3 is 5.97 Å². The number of esters is 1. The molecule has 1 aromatic rings. The number of Topliss-reactive ketones (excluding diaryl/α,β-unsaturated/α-hetero) is 1. The molecule has 0 bridgehead atoms. The maximum Gasteiger partial charge on any atom is 0.336 e. The number of hydrogen-bond acceptors (Lipinski definition) is 5. The molecule has 2 aliphatic carbocycles. The van der Waals surface area contributed by atoms with Gasteiger partial charge in [-0.05, 0) is 63.6 Å². The van der Waals surface area contributed by atoms with Crippen LogP contribution in [0.25, 0.3) is 0 Å². The molecule has 1 N–H and O–H groups in total. The highest BCUT2D eigenvalue weighted by molar-refractivity contribution is 5.96. The van der Waals surface area contributed by atoms with Crippen molar-refractivity contribution in [3.8, 4) is 5.75 Å². The number of fused-ring (bicyclic) bond motifs is 1. The third kappa shape index (κ3) is 3.96. The van der Waals surface area contributed by atoms with Crippen LogP contribution in [0.5, 0.6) is 5.75 Å². The number of nitrogens with one attached hydrogen (secondary N) is 1. The van der Waals surface area contributed by atoms with Crippen molar-refractivity contribution in [2.45, 2.75) is 64.4 Å². The Morgan fingerprint density at radius 1 is 1.14 bits per heavy atom. The summed E-state index contributed by atoms with van der Waals surface area (Å²) in [5.74, 6) is -0.0335. The Labute approximate surface area is 172 Å². The lowest BCUT2D eigenvalue weighted by molar-refractivity contribution is -0.144. The van der Waals surface area contributed by atoms with E-state index in [1.807, 2.05) is 38.1 Å². The summed E-state index contributed by atoms with van der Waals surface area (Å²) in [4.78, 5) is 26.1. The van der Waals surface area contributed by atoms with E-state index in [-0.39, 0.29) is 29.7 Å². The molecule has 0 aromatic heterocycles. The van der Waals surface area contributed by atoms with E-state index >= 15 is 0 Å². The van der Waals surface area contributed by atoms with Crippen LogP contribution >= 0.6 is 0 Å². The summed E-state index contributed by atoms with van der Waals surface area (Å²) < 4.78 is 11.4. The predicted octanol–water partition coefficient (Wildman–Crippen LogP) is 4.39. The molecule has 5 nitrogen and oxygen atoms in total. The Morgan fingerprint density at radius 3 is 2.55 bits per heavy atom. The SMILES string of the molecule is CCOc1ccc(C2C(C(=O)OC3CCCC3)=C(C)NC3=CCCC(=O)C32)cc1. The molecule has 0 amide bonds. The number of rotatable bonds is 5. The fraction of sp³-hybridized carbons (Fsp3) is 0.500. The summed E-state index contributed by atoms with van der Waals surface area (Å²) in [6.45, 7) is 4.45. The first-order valence-corrected chi connectivity index (χ1v) is 10.7. The summed E-state index contributed by atoms with van der Waals surface area (Å²) in [5.41, 5.74) is 3.22. The lowest BCUT2D eigenvalue weighted by Gasteiger charge is -2.38. The highest BCUT2D eigenvalue weighted by Crippen LogP contribution is 2.44. The van der Waals surface area contributed by atoms with Gasteiger partial charge in [-0.1, -0.05) is 18.2 Å². The third-order valence-electron chi connectivity index (χ3n) is 6.16. The van der Waals surface area contributed by atoms with Gasteiger partial charge < -0.3 is 14.8 Å². The van der Waals surface area contributed by atoms with Gasteiger partial charge in [0.1, 0.15) is 17.6 Å². The third-order valence-corrected chi connectivity index (χ3v) is 6.16. The summed E-state index contributed by atoms with van der Waals surface area (Å²) >= 11 is 0. The molecule has 4 rings (SSSR count). The summed E-state index contributed by atoms with van der Waals surface area (Å²) in [6, 6.07) is 7.76. The van der Waals surface area contributed by atoms with Crippen LogP contribution in [0.15, 0.2) is 47.3 Å². The maximum absolute atomic E-state index is 13.2. The Hall–Kier alpha value is -2.56. The molecule has 29 heavy (non-hydrogen) atoms. The van der Waals surface area contributed by atoms with E-state index in [1.165, 1.54) is 0 Å². The number of carbonyl (C=O) groups is 2. The first kappa shape index (κ1) is 19.7. The molecular formula is C24H29NO4. The summed E-state index contributed by atoms with van der Waals surface area (Å²) in [5, 5.41) is 3.33. The molecule has 1 saturated carbocycles. The van der Waals surface area contributed by atoms with Gasteiger partial charge in [-0.2, -0.15) is 0 Å². The van der Waals surface area contributed by atoms with Crippen molar-refractivity contribution >= 4 is 11.8 Å². The van der Waals surface area contributed by atoms with Crippen LogP contribution in [0.2, 0.25) is 0 Å². The first-order valence-electron chi connectivity index (χ1n) is 10.7. The van der Waals surface area contributed by atoms with Crippen molar-refractivity contribution in [1.82, 2.24) is 5.32 Å². The lowest BCUT2D eigenvalue weighted by atomic mass is 9.71. The lowest BCUT2D eigenvalue weighted by Crippen LogP contribution is -2.41. The van der Waals surface area contributed by atoms with Crippen LogP contribution in [0.4, 0.5) is 0 Å². The Morgan fingerprint density at radius 2 is 1.86 bits per heavy atom. The van der Waals surface area contributed by atoms with Gasteiger partial charge in [0.05, 0.1) is 18.1 Å². The zero-order chi connectivity index (χ0) is 20.4. The number of benzene rings is 1. The maximum atomic E-state index is 13.2. The van der Waals surface area contributed by atoms with E-state index in [0.717, 1.165) is 54.8 Å². The minimum Gasteiger partial charge on any atom is -0.494 e. The molecule has 3 aliphatic rings. The number of hydrogen-bond donors (Lipinski definition) is 1. The van der Waals surface area contributed by atoms with Gasteiger partial charge in [-0.15, -0.1) is 0 Å². The Bertz CT molecular complexity index is 846. The molecule has 1 aliphatic heterocycles. The van der Waals surface area contributed by atoms with E-state index in [2.05, 4.69) is 11.4 Å². The van der Waals surface area contributed by atoms with Gasteiger partial charge in [0.25, 0.3) is 0 Å². The van der Waals surface area contributed by atoms with Gasteiger partial charge in [-0.3, -0.25) is 4.79 Å². The molecule has 1 aromatic carbocycles. The second-order valence-corrected chi connectivity index (χ2v) is 8.10. The van der Waals surface area contributed by atoms with Crippen LogP contribution in [0, 0.1) is 5.92 Å². The minimum absolute atomic E-state index is 0.0113. The molecule has 1 heterocycles. The summed E-state index contributed by atoms with van der Waals surface area (Å²) in [6.07, 6.45) is 7.38. The quantitative estimate of drug-likeness (QED) is 0.749. The Kier molecular flexibility index (Phi) is 5.74. The molecule has 2 unspecified atom stereocenters. The highest BCUT2D eigenvalue weighted by atomic mass is 16.5. The largest absolute Gasteiger partial charge is 0.494 e. The van der Waals surface area contributed by atoms with Crippen LogP contribution in [0.1, 0.15) is 63.9 Å². The van der Waals surface area contributed by atoms with E-state index < -0.39 is 0 Å². The van der Waals surface area contributed by atoms with Gasteiger partial charge in [-0.25, -0.2) is 4.79 Å². The van der Waals surface area contributed by atoms with Crippen molar-refractivity contribution < 1.29 is 19.1 Å². The van der Waals surface area contributed by atoms with Crippen molar-refractivity contribution in [1.29, 1.82) is 0 Å². The van der Waals surface area contributed by atoms with Crippen molar-refractivity contribution in [2.24, 2.45) is 5.92 Å². The molecule has 5 heteroatoms. The average molecular weight is 395 g/mol. The van der Waals surface area contributed by atoms with Crippen LogP contribution < -0.4 is 10.1 Å².